The van der Waals surface area contributed by atoms with Gasteiger partial charge in [0.15, 0.2) is 0 Å². The summed E-state index contributed by atoms with van der Waals surface area (Å²) >= 11 is 0. The second-order valence-electron chi connectivity index (χ2n) is 5.34. The molecule has 106 valence electrons. The zero-order chi connectivity index (χ0) is 13.6. The smallest absolute Gasteiger partial charge is 0.119 e. The van der Waals surface area contributed by atoms with E-state index in [0.29, 0.717) is 0 Å². The van der Waals surface area contributed by atoms with E-state index in [0.717, 1.165) is 31.9 Å². The van der Waals surface area contributed by atoms with Crippen LogP contribution >= 0.6 is 0 Å². The second-order valence-corrected chi connectivity index (χ2v) is 5.34. The normalized spacial score (nSPS) is 16.9. The number of rotatable bonds is 8. The van der Waals surface area contributed by atoms with E-state index in [1.165, 1.54) is 24.8 Å². The Morgan fingerprint density at radius 1 is 1.32 bits per heavy atom. The number of methoxy groups -OCH3 is 1. The standard InChI is InChI=1S/C16H25NO2/c1-3-10-19-15-7-4-6-14(11-15)12-17-13-16(18-2)8-5-9-16/h4,6-7,11,17H,3,5,8-10,12-13H2,1-2H3. The fraction of sp³-hybridized carbons (Fsp3) is 0.625. The molecule has 1 aliphatic carbocycles. The third kappa shape index (κ3) is 3.95. The van der Waals surface area contributed by atoms with Crippen molar-refractivity contribution in [3.8, 4) is 5.75 Å². The molecule has 3 nitrogen and oxygen atoms in total. The van der Waals surface area contributed by atoms with Crippen LogP contribution in [0.25, 0.3) is 0 Å². The van der Waals surface area contributed by atoms with Crippen molar-refractivity contribution in [2.45, 2.75) is 44.8 Å². The van der Waals surface area contributed by atoms with E-state index in [-0.39, 0.29) is 5.60 Å². The van der Waals surface area contributed by atoms with Crippen molar-refractivity contribution in [3.63, 3.8) is 0 Å². The fourth-order valence-corrected chi connectivity index (χ4v) is 2.42. The Morgan fingerprint density at radius 2 is 2.16 bits per heavy atom. The molecule has 19 heavy (non-hydrogen) atoms. The molecule has 0 saturated heterocycles. The molecule has 0 aromatic heterocycles. The molecular formula is C16H25NO2. The first kappa shape index (κ1) is 14.4. The van der Waals surface area contributed by atoms with Crippen LogP contribution in [0.4, 0.5) is 0 Å². The largest absolute Gasteiger partial charge is 0.494 e. The first-order valence-corrected chi connectivity index (χ1v) is 7.25. The Kier molecular flexibility index (Phi) is 5.23. The van der Waals surface area contributed by atoms with E-state index >= 15 is 0 Å². The minimum Gasteiger partial charge on any atom is -0.494 e. The maximum absolute atomic E-state index is 5.64. The van der Waals surface area contributed by atoms with E-state index < -0.39 is 0 Å². The summed E-state index contributed by atoms with van der Waals surface area (Å²) in [5, 5.41) is 3.50. The van der Waals surface area contributed by atoms with Gasteiger partial charge in [-0.15, -0.1) is 0 Å². The van der Waals surface area contributed by atoms with Crippen LogP contribution in [0.1, 0.15) is 38.2 Å². The van der Waals surface area contributed by atoms with Crippen molar-refractivity contribution in [3.05, 3.63) is 29.8 Å². The number of hydrogen-bond donors (Lipinski definition) is 1. The summed E-state index contributed by atoms with van der Waals surface area (Å²) in [5.41, 5.74) is 1.36. The summed E-state index contributed by atoms with van der Waals surface area (Å²) in [6.07, 6.45) is 4.68. The number of nitrogens with one attached hydrogen (secondary N) is 1. The van der Waals surface area contributed by atoms with Gasteiger partial charge in [0.2, 0.25) is 0 Å². The maximum Gasteiger partial charge on any atom is 0.119 e. The highest BCUT2D eigenvalue weighted by atomic mass is 16.5. The molecule has 0 unspecified atom stereocenters. The molecule has 2 rings (SSSR count). The van der Waals surface area contributed by atoms with Gasteiger partial charge in [-0.2, -0.15) is 0 Å². The zero-order valence-electron chi connectivity index (χ0n) is 12.1. The van der Waals surface area contributed by atoms with Gasteiger partial charge in [0.1, 0.15) is 5.75 Å². The molecule has 1 aliphatic rings. The van der Waals surface area contributed by atoms with Crippen molar-refractivity contribution < 1.29 is 9.47 Å². The lowest BCUT2D eigenvalue weighted by Gasteiger charge is -2.40. The molecule has 0 bridgehead atoms. The maximum atomic E-state index is 5.64. The molecule has 0 heterocycles. The summed E-state index contributed by atoms with van der Waals surface area (Å²) in [7, 11) is 1.82. The summed E-state index contributed by atoms with van der Waals surface area (Å²) in [6.45, 7) is 4.70. The highest BCUT2D eigenvalue weighted by Crippen LogP contribution is 2.34. The van der Waals surface area contributed by atoms with E-state index in [1.54, 1.807) is 0 Å². The SMILES string of the molecule is CCCOc1cccc(CNCC2(OC)CCC2)c1. The lowest BCUT2D eigenvalue weighted by Crippen LogP contribution is -2.47. The van der Waals surface area contributed by atoms with E-state index in [1.807, 2.05) is 13.2 Å². The van der Waals surface area contributed by atoms with Crippen LogP contribution in [0.15, 0.2) is 24.3 Å². The molecule has 0 aliphatic heterocycles. The molecule has 0 radical (unpaired) electrons. The van der Waals surface area contributed by atoms with Gasteiger partial charge in [0, 0.05) is 20.2 Å². The Bertz CT molecular complexity index is 383. The topological polar surface area (TPSA) is 30.5 Å². The van der Waals surface area contributed by atoms with Crippen LogP contribution in [-0.2, 0) is 11.3 Å². The second kappa shape index (κ2) is 6.92. The summed E-state index contributed by atoms with van der Waals surface area (Å²) in [6, 6.07) is 8.31. The number of hydrogen-bond acceptors (Lipinski definition) is 3. The van der Waals surface area contributed by atoms with Crippen LogP contribution in [0, 0.1) is 0 Å². The third-order valence-corrected chi connectivity index (χ3v) is 3.85. The summed E-state index contributed by atoms with van der Waals surface area (Å²) in [5.74, 6) is 0.964. The van der Waals surface area contributed by atoms with Gasteiger partial charge in [-0.3, -0.25) is 0 Å². The Balaban J connectivity index is 1.79. The Hall–Kier alpha value is -1.06. The van der Waals surface area contributed by atoms with E-state index in [4.69, 9.17) is 9.47 Å². The molecule has 0 spiro atoms. The minimum absolute atomic E-state index is 0.0936. The van der Waals surface area contributed by atoms with Crippen molar-refractivity contribution >= 4 is 0 Å². The molecule has 3 heteroatoms. The Labute approximate surface area is 116 Å². The van der Waals surface area contributed by atoms with Crippen molar-refractivity contribution in [1.29, 1.82) is 0 Å². The molecule has 1 saturated carbocycles. The van der Waals surface area contributed by atoms with Crippen molar-refractivity contribution in [1.82, 2.24) is 5.32 Å². The molecule has 1 aromatic carbocycles. The lowest BCUT2D eigenvalue weighted by molar-refractivity contribution is -0.0695. The molecule has 1 N–H and O–H groups in total. The summed E-state index contributed by atoms with van der Waals surface area (Å²) in [4.78, 5) is 0. The van der Waals surface area contributed by atoms with Crippen LogP contribution in [0.2, 0.25) is 0 Å². The van der Waals surface area contributed by atoms with Gasteiger partial charge in [0.25, 0.3) is 0 Å². The predicted molar refractivity (Wildman–Crippen MR) is 77.5 cm³/mol. The van der Waals surface area contributed by atoms with Gasteiger partial charge in [-0.05, 0) is 43.4 Å². The van der Waals surface area contributed by atoms with Gasteiger partial charge in [0.05, 0.1) is 12.2 Å². The van der Waals surface area contributed by atoms with Crippen LogP contribution in [-0.4, -0.2) is 25.9 Å². The summed E-state index contributed by atoms with van der Waals surface area (Å²) < 4.78 is 11.2. The van der Waals surface area contributed by atoms with Gasteiger partial charge >= 0.3 is 0 Å². The van der Waals surface area contributed by atoms with E-state index in [9.17, 15) is 0 Å². The highest BCUT2D eigenvalue weighted by molar-refractivity contribution is 5.28. The Morgan fingerprint density at radius 3 is 2.79 bits per heavy atom. The van der Waals surface area contributed by atoms with Crippen molar-refractivity contribution in [2.24, 2.45) is 0 Å². The lowest BCUT2D eigenvalue weighted by atomic mass is 9.80. The minimum atomic E-state index is 0.0936. The highest BCUT2D eigenvalue weighted by Gasteiger charge is 2.36. The molecular weight excluding hydrogens is 238 g/mol. The quantitative estimate of drug-likeness (QED) is 0.781. The molecule has 1 fully saturated rings. The molecule has 0 amide bonds. The van der Waals surface area contributed by atoms with E-state index in [2.05, 4.69) is 30.4 Å². The zero-order valence-corrected chi connectivity index (χ0v) is 12.1. The van der Waals surface area contributed by atoms with Crippen LogP contribution in [0.5, 0.6) is 5.75 Å². The average Bonchev–Trinajstić information content (AvgIpc) is 2.40. The van der Waals surface area contributed by atoms with Crippen LogP contribution in [0.3, 0.4) is 0 Å². The van der Waals surface area contributed by atoms with Gasteiger partial charge < -0.3 is 14.8 Å². The van der Waals surface area contributed by atoms with Crippen LogP contribution < -0.4 is 10.1 Å². The molecule has 0 atom stereocenters. The predicted octanol–water partition coefficient (Wildman–Crippen LogP) is 3.13. The monoisotopic (exact) mass is 263 g/mol. The first-order chi connectivity index (χ1) is 9.28. The number of ether oxygens (including phenoxy) is 2. The average molecular weight is 263 g/mol. The first-order valence-electron chi connectivity index (χ1n) is 7.25. The number of benzene rings is 1. The fourth-order valence-electron chi connectivity index (χ4n) is 2.42. The molecule has 1 aromatic rings. The van der Waals surface area contributed by atoms with Gasteiger partial charge in [-0.25, -0.2) is 0 Å². The van der Waals surface area contributed by atoms with Crippen molar-refractivity contribution in [2.75, 3.05) is 20.3 Å². The third-order valence-electron chi connectivity index (χ3n) is 3.85. The van der Waals surface area contributed by atoms with Gasteiger partial charge in [-0.1, -0.05) is 19.1 Å².